The molecule has 1 fully saturated rings. The maximum atomic E-state index is 13.2. The number of benzene rings is 2. The van der Waals surface area contributed by atoms with Crippen LogP contribution in [0, 0.1) is 5.82 Å². The van der Waals surface area contributed by atoms with Gasteiger partial charge >= 0.3 is 0 Å². The average molecular weight is 427 g/mol. The minimum atomic E-state index is -3.75. The fraction of sp³-hybridized carbons (Fsp3) is 0.316. The van der Waals surface area contributed by atoms with Crippen LogP contribution in [0.4, 0.5) is 10.1 Å². The monoisotopic (exact) mass is 426 g/mol. The zero-order chi connectivity index (χ0) is 20.3. The van der Waals surface area contributed by atoms with Crippen LogP contribution >= 0.6 is 11.6 Å². The van der Waals surface area contributed by atoms with Gasteiger partial charge in [-0.15, -0.1) is 0 Å². The molecule has 0 radical (unpaired) electrons. The second-order valence-electron chi connectivity index (χ2n) is 6.28. The van der Waals surface area contributed by atoms with Crippen molar-refractivity contribution in [2.24, 2.45) is 0 Å². The number of amides is 1. The van der Waals surface area contributed by atoms with Gasteiger partial charge in [0.05, 0.1) is 17.2 Å². The number of hydrogen-bond donors (Lipinski definition) is 1. The summed E-state index contributed by atoms with van der Waals surface area (Å²) in [7, 11) is -3.75. The van der Waals surface area contributed by atoms with Gasteiger partial charge in [0.15, 0.2) is 0 Å². The van der Waals surface area contributed by atoms with Gasteiger partial charge in [0.2, 0.25) is 10.0 Å². The van der Waals surface area contributed by atoms with E-state index >= 15 is 0 Å². The van der Waals surface area contributed by atoms with E-state index in [-0.39, 0.29) is 26.9 Å². The van der Waals surface area contributed by atoms with Crippen molar-refractivity contribution in [2.75, 3.05) is 25.0 Å². The summed E-state index contributed by atoms with van der Waals surface area (Å²) in [4.78, 5) is 12.5. The van der Waals surface area contributed by atoms with Crippen LogP contribution in [0.15, 0.2) is 41.3 Å². The predicted molar refractivity (Wildman–Crippen MR) is 105 cm³/mol. The quantitative estimate of drug-likeness (QED) is 0.759. The van der Waals surface area contributed by atoms with E-state index in [2.05, 4.69) is 5.32 Å². The molecule has 1 aliphatic rings. The van der Waals surface area contributed by atoms with E-state index in [0.29, 0.717) is 19.7 Å². The Labute approximate surface area is 168 Å². The van der Waals surface area contributed by atoms with Crippen molar-refractivity contribution in [1.82, 2.24) is 4.31 Å². The van der Waals surface area contributed by atoms with Crippen LogP contribution in [0.2, 0.25) is 5.02 Å². The molecule has 1 aliphatic heterocycles. The Kier molecular flexibility index (Phi) is 6.22. The molecule has 6 nitrogen and oxygen atoms in total. The average Bonchev–Trinajstić information content (AvgIpc) is 3.18. The molecular weight excluding hydrogens is 407 g/mol. The fourth-order valence-electron chi connectivity index (χ4n) is 3.00. The molecule has 0 unspecified atom stereocenters. The van der Waals surface area contributed by atoms with E-state index in [9.17, 15) is 17.6 Å². The first kappa shape index (κ1) is 20.6. The van der Waals surface area contributed by atoms with Gasteiger partial charge in [-0.1, -0.05) is 11.6 Å². The largest absolute Gasteiger partial charge is 0.492 e. The number of hydrogen-bond acceptors (Lipinski definition) is 4. The van der Waals surface area contributed by atoms with E-state index in [4.69, 9.17) is 16.3 Å². The molecule has 9 heteroatoms. The third-order valence-corrected chi connectivity index (χ3v) is 6.59. The van der Waals surface area contributed by atoms with Crippen molar-refractivity contribution in [3.8, 4) is 5.75 Å². The van der Waals surface area contributed by atoms with E-state index in [1.54, 1.807) is 13.0 Å². The maximum Gasteiger partial charge on any atom is 0.257 e. The highest BCUT2D eigenvalue weighted by Gasteiger charge is 2.30. The topological polar surface area (TPSA) is 75.7 Å². The number of nitrogens with one attached hydrogen (secondary N) is 1. The molecule has 0 spiro atoms. The molecule has 1 amide bonds. The summed E-state index contributed by atoms with van der Waals surface area (Å²) in [6.45, 7) is 2.98. The van der Waals surface area contributed by atoms with Gasteiger partial charge in [-0.25, -0.2) is 12.8 Å². The third kappa shape index (κ3) is 4.29. The number of ether oxygens (including phenoxy) is 1. The highest BCUT2D eigenvalue weighted by molar-refractivity contribution is 7.89. The van der Waals surface area contributed by atoms with Crippen LogP contribution in [0.1, 0.15) is 30.1 Å². The van der Waals surface area contributed by atoms with Gasteiger partial charge < -0.3 is 10.1 Å². The van der Waals surface area contributed by atoms with E-state index < -0.39 is 21.7 Å². The van der Waals surface area contributed by atoms with Gasteiger partial charge in [0.1, 0.15) is 16.5 Å². The van der Waals surface area contributed by atoms with Gasteiger partial charge in [-0.3, -0.25) is 4.79 Å². The van der Waals surface area contributed by atoms with Crippen molar-refractivity contribution >= 4 is 33.2 Å². The molecule has 1 heterocycles. The van der Waals surface area contributed by atoms with Gasteiger partial charge in [-0.2, -0.15) is 4.31 Å². The Morgan fingerprint density at radius 1 is 1.21 bits per heavy atom. The van der Waals surface area contributed by atoms with E-state index in [0.717, 1.165) is 25.0 Å². The summed E-state index contributed by atoms with van der Waals surface area (Å²) in [6, 6.07) is 7.86. The summed E-state index contributed by atoms with van der Waals surface area (Å²) in [6.07, 6.45) is 1.62. The number of nitrogens with zero attached hydrogens (tertiary/aromatic N) is 1. The van der Waals surface area contributed by atoms with Crippen molar-refractivity contribution in [2.45, 2.75) is 24.7 Å². The first-order valence-electron chi connectivity index (χ1n) is 8.86. The fourth-order valence-corrected chi connectivity index (χ4v) is 4.93. The predicted octanol–water partition coefficient (Wildman–Crippen LogP) is 3.91. The summed E-state index contributed by atoms with van der Waals surface area (Å²) >= 11 is 5.92. The zero-order valence-electron chi connectivity index (χ0n) is 15.2. The summed E-state index contributed by atoms with van der Waals surface area (Å²) < 4.78 is 46.1. The molecule has 1 N–H and O–H groups in total. The van der Waals surface area contributed by atoms with E-state index in [1.165, 1.54) is 22.5 Å². The number of carbonyl (C=O) groups excluding carboxylic acids is 1. The molecule has 150 valence electrons. The van der Waals surface area contributed by atoms with Crippen LogP contribution in [-0.2, 0) is 10.0 Å². The molecule has 0 bridgehead atoms. The van der Waals surface area contributed by atoms with Crippen LogP contribution < -0.4 is 10.1 Å². The standard InChI is InChI=1S/C19H20ClFN2O4S/c1-2-27-17-8-6-14(12-18(17)28(25,26)23-9-3-4-10-23)22-19(24)15-7-5-13(21)11-16(15)20/h5-8,11-12H,2-4,9-10H2,1H3,(H,22,24). The Morgan fingerprint density at radius 3 is 2.57 bits per heavy atom. The van der Waals surface area contributed by atoms with Crippen LogP contribution in [-0.4, -0.2) is 38.3 Å². The molecule has 0 atom stereocenters. The number of anilines is 1. The molecule has 0 aliphatic carbocycles. The Morgan fingerprint density at radius 2 is 1.93 bits per heavy atom. The third-order valence-electron chi connectivity index (χ3n) is 4.36. The zero-order valence-corrected chi connectivity index (χ0v) is 16.8. The number of halogens is 2. The summed E-state index contributed by atoms with van der Waals surface area (Å²) in [5.41, 5.74) is 0.354. The number of carbonyl (C=O) groups is 1. The van der Waals surface area contributed by atoms with Crippen molar-refractivity contribution in [3.63, 3.8) is 0 Å². The smallest absolute Gasteiger partial charge is 0.257 e. The Hall–Kier alpha value is -2.16. The lowest BCUT2D eigenvalue weighted by molar-refractivity contribution is 0.102. The molecular formula is C19H20ClFN2O4S. The molecule has 2 aromatic rings. The van der Waals surface area contributed by atoms with Crippen molar-refractivity contribution in [3.05, 3.63) is 52.8 Å². The van der Waals surface area contributed by atoms with Crippen LogP contribution in [0.5, 0.6) is 5.75 Å². The molecule has 2 aromatic carbocycles. The first-order chi connectivity index (χ1) is 13.3. The first-order valence-corrected chi connectivity index (χ1v) is 10.7. The Balaban J connectivity index is 1.93. The van der Waals surface area contributed by atoms with Gasteiger partial charge in [0.25, 0.3) is 5.91 Å². The van der Waals surface area contributed by atoms with Crippen molar-refractivity contribution in [1.29, 1.82) is 0 Å². The van der Waals surface area contributed by atoms with Crippen molar-refractivity contribution < 1.29 is 22.3 Å². The molecule has 3 rings (SSSR count). The second kappa shape index (κ2) is 8.46. The minimum Gasteiger partial charge on any atom is -0.492 e. The normalized spacial score (nSPS) is 14.8. The summed E-state index contributed by atoms with van der Waals surface area (Å²) in [5, 5.41) is 2.57. The lowest BCUT2D eigenvalue weighted by Crippen LogP contribution is -2.28. The van der Waals surface area contributed by atoms with Gasteiger partial charge in [-0.05, 0) is 56.2 Å². The van der Waals surface area contributed by atoms with Crippen LogP contribution in [0.25, 0.3) is 0 Å². The minimum absolute atomic E-state index is 0.000692. The SMILES string of the molecule is CCOc1ccc(NC(=O)c2ccc(F)cc2Cl)cc1S(=O)(=O)N1CCCC1. The van der Waals surface area contributed by atoms with Crippen LogP contribution in [0.3, 0.4) is 0 Å². The highest BCUT2D eigenvalue weighted by Crippen LogP contribution is 2.32. The lowest BCUT2D eigenvalue weighted by atomic mass is 10.2. The molecule has 28 heavy (non-hydrogen) atoms. The lowest BCUT2D eigenvalue weighted by Gasteiger charge is -2.19. The molecule has 0 saturated carbocycles. The van der Waals surface area contributed by atoms with Gasteiger partial charge in [0, 0.05) is 18.8 Å². The van der Waals surface area contributed by atoms with E-state index in [1.807, 2.05) is 0 Å². The molecule has 0 aromatic heterocycles. The summed E-state index contributed by atoms with van der Waals surface area (Å²) in [5.74, 6) is -0.896. The second-order valence-corrected chi connectivity index (χ2v) is 8.60. The number of rotatable bonds is 6. The molecule has 1 saturated heterocycles. The highest BCUT2D eigenvalue weighted by atomic mass is 35.5. The maximum absolute atomic E-state index is 13.2. The Bertz CT molecular complexity index is 991. The number of sulfonamides is 1.